The van der Waals surface area contributed by atoms with Crippen LogP contribution < -0.4 is 0 Å². The standard InChI is InChI=1S/C18H26O/c1-2-15-10-18-12-17(15)11-16(18)8-9-19-13-14-6-4-3-5-7-14/h3-7,15-18H,2,8-13H2,1H3. The van der Waals surface area contributed by atoms with Gasteiger partial charge in [-0.25, -0.2) is 0 Å². The van der Waals surface area contributed by atoms with Gasteiger partial charge in [-0.2, -0.15) is 0 Å². The van der Waals surface area contributed by atoms with Crippen molar-refractivity contribution in [3.63, 3.8) is 0 Å². The van der Waals surface area contributed by atoms with E-state index in [2.05, 4.69) is 37.3 Å². The topological polar surface area (TPSA) is 9.23 Å². The number of rotatable bonds is 6. The zero-order valence-electron chi connectivity index (χ0n) is 12.1. The SMILES string of the molecule is CCC1CC2CC1CC2CCOCc1ccccc1. The predicted molar refractivity (Wildman–Crippen MR) is 78.8 cm³/mol. The molecular weight excluding hydrogens is 232 g/mol. The van der Waals surface area contributed by atoms with E-state index in [4.69, 9.17) is 4.74 Å². The van der Waals surface area contributed by atoms with E-state index in [1.165, 1.54) is 37.7 Å². The third-order valence-electron chi connectivity index (χ3n) is 5.42. The lowest BCUT2D eigenvalue weighted by Crippen LogP contribution is -2.18. The highest BCUT2D eigenvalue weighted by molar-refractivity contribution is 5.13. The summed E-state index contributed by atoms with van der Waals surface area (Å²) in [4.78, 5) is 0. The zero-order valence-corrected chi connectivity index (χ0v) is 12.1. The van der Waals surface area contributed by atoms with Crippen LogP contribution in [0.25, 0.3) is 0 Å². The van der Waals surface area contributed by atoms with Gasteiger partial charge >= 0.3 is 0 Å². The minimum atomic E-state index is 0.777. The van der Waals surface area contributed by atoms with E-state index in [1.54, 1.807) is 0 Å². The number of fused-ring (bicyclic) bond motifs is 2. The molecule has 2 fully saturated rings. The summed E-state index contributed by atoms with van der Waals surface area (Å²) in [7, 11) is 0. The van der Waals surface area contributed by atoms with Gasteiger partial charge in [0.25, 0.3) is 0 Å². The second-order valence-electron chi connectivity index (χ2n) is 6.48. The second kappa shape index (κ2) is 6.09. The van der Waals surface area contributed by atoms with Crippen LogP contribution in [0.4, 0.5) is 0 Å². The van der Waals surface area contributed by atoms with Crippen molar-refractivity contribution >= 4 is 0 Å². The fourth-order valence-electron chi connectivity index (χ4n) is 4.37. The summed E-state index contributed by atoms with van der Waals surface area (Å²) in [5.74, 6) is 4.08. The Morgan fingerprint density at radius 3 is 2.42 bits per heavy atom. The summed E-state index contributed by atoms with van der Waals surface area (Å²) in [5, 5.41) is 0. The molecule has 3 rings (SSSR count). The van der Waals surface area contributed by atoms with Crippen molar-refractivity contribution in [1.82, 2.24) is 0 Å². The first-order valence-corrected chi connectivity index (χ1v) is 7.98. The summed E-state index contributed by atoms with van der Waals surface area (Å²) in [6, 6.07) is 10.5. The highest BCUT2D eigenvalue weighted by Gasteiger charge is 2.44. The molecule has 1 aromatic rings. The maximum Gasteiger partial charge on any atom is 0.0716 e. The first-order valence-electron chi connectivity index (χ1n) is 7.98. The Morgan fingerprint density at radius 2 is 1.74 bits per heavy atom. The fourth-order valence-corrected chi connectivity index (χ4v) is 4.37. The summed E-state index contributed by atoms with van der Waals surface area (Å²) in [6.45, 7) is 4.09. The van der Waals surface area contributed by atoms with E-state index in [1.807, 2.05) is 0 Å². The van der Waals surface area contributed by atoms with Crippen LogP contribution in [0.15, 0.2) is 30.3 Å². The lowest BCUT2D eigenvalue weighted by Gasteiger charge is -2.27. The number of hydrogen-bond donors (Lipinski definition) is 0. The normalized spacial score (nSPS) is 32.9. The molecule has 104 valence electrons. The monoisotopic (exact) mass is 258 g/mol. The molecule has 0 aliphatic heterocycles. The first-order chi connectivity index (χ1) is 9.36. The van der Waals surface area contributed by atoms with Gasteiger partial charge in [0.05, 0.1) is 6.61 Å². The van der Waals surface area contributed by atoms with Crippen molar-refractivity contribution in [3.8, 4) is 0 Å². The zero-order chi connectivity index (χ0) is 13.1. The van der Waals surface area contributed by atoms with Crippen molar-refractivity contribution in [3.05, 3.63) is 35.9 Å². The van der Waals surface area contributed by atoms with Crippen LogP contribution in [0, 0.1) is 23.7 Å². The molecule has 0 amide bonds. The highest BCUT2D eigenvalue weighted by Crippen LogP contribution is 2.53. The lowest BCUT2D eigenvalue weighted by molar-refractivity contribution is 0.0948. The van der Waals surface area contributed by atoms with E-state index in [9.17, 15) is 0 Å². The summed E-state index contributed by atoms with van der Waals surface area (Å²) in [5.41, 5.74) is 1.29. The van der Waals surface area contributed by atoms with Gasteiger partial charge in [-0.3, -0.25) is 0 Å². The summed E-state index contributed by atoms with van der Waals surface area (Å²) < 4.78 is 5.84. The van der Waals surface area contributed by atoms with Gasteiger partial charge in [-0.1, -0.05) is 43.7 Å². The molecule has 2 bridgehead atoms. The first kappa shape index (κ1) is 13.2. The Balaban J connectivity index is 1.36. The molecule has 0 spiro atoms. The van der Waals surface area contributed by atoms with Gasteiger partial charge in [0.2, 0.25) is 0 Å². The van der Waals surface area contributed by atoms with Crippen molar-refractivity contribution in [2.45, 2.75) is 45.6 Å². The van der Waals surface area contributed by atoms with Gasteiger partial charge in [0.1, 0.15) is 0 Å². The van der Waals surface area contributed by atoms with E-state index in [0.29, 0.717) is 0 Å². The Kier molecular flexibility index (Phi) is 4.22. The molecule has 1 heteroatoms. The molecular formula is C18H26O. The van der Waals surface area contributed by atoms with Crippen molar-refractivity contribution < 1.29 is 4.74 Å². The molecule has 2 saturated carbocycles. The molecule has 0 saturated heterocycles. The summed E-state index contributed by atoms with van der Waals surface area (Å²) in [6.07, 6.45) is 7.19. The van der Waals surface area contributed by atoms with Crippen LogP contribution in [0.5, 0.6) is 0 Å². The molecule has 2 aliphatic rings. The Morgan fingerprint density at radius 1 is 1.00 bits per heavy atom. The predicted octanol–water partition coefficient (Wildman–Crippen LogP) is 4.67. The number of benzene rings is 1. The van der Waals surface area contributed by atoms with Gasteiger partial charge < -0.3 is 4.74 Å². The Hall–Kier alpha value is -0.820. The molecule has 4 unspecified atom stereocenters. The Labute approximate surface area is 117 Å². The molecule has 0 heterocycles. The lowest BCUT2D eigenvalue weighted by atomic mass is 9.80. The fraction of sp³-hybridized carbons (Fsp3) is 0.667. The smallest absolute Gasteiger partial charge is 0.0716 e. The van der Waals surface area contributed by atoms with E-state index in [0.717, 1.165) is 36.9 Å². The summed E-state index contributed by atoms with van der Waals surface area (Å²) >= 11 is 0. The maximum absolute atomic E-state index is 5.84. The molecule has 0 radical (unpaired) electrons. The van der Waals surface area contributed by atoms with Crippen molar-refractivity contribution in [2.24, 2.45) is 23.7 Å². The molecule has 19 heavy (non-hydrogen) atoms. The van der Waals surface area contributed by atoms with Crippen molar-refractivity contribution in [1.29, 1.82) is 0 Å². The van der Waals surface area contributed by atoms with Crippen LogP contribution in [0.3, 0.4) is 0 Å². The van der Waals surface area contributed by atoms with Crippen LogP contribution >= 0.6 is 0 Å². The average molecular weight is 258 g/mol. The molecule has 2 aliphatic carbocycles. The quantitative estimate of drug-likeness (QED) is 0.674. The third kappa shape index (κ3) is 3.02. The minimum absolute atomic E-state index is 0.777. The van der Waals surface area contributed by atoms with E-state index in [-0.39, 0.29) is 0 Å². The van der Waals surface area contributed by atoms with Gasteiger partial charge in [0, 0.05) is 6.61 Å². The number of ether oxygens (including phenoxy) is 1. The number of hydrogen-bond acceptors (Lipinski definition) is 1. The average Bonchev–Trinajstić information content (AvgIpc) is 3.04. The Bertz CT molecular complexity index is 386. The molecule has 0 aromatic heterocycles. The van der Waals surface area contributed by atoms with Crippen LogP contribution in [-0.4, -0.2) is 6.61 Å². The van der Waals surface area contributed by atoms with Gasteiger partial charge in [-0.15, -0.1) is 0 Å². The molecule has 4 atom stereocenters. The van der Waals surface area contributed by atoms with Crippen molar-refractivity contribution in [2.75, 3.05) is 6.61 Å². The van der Waals surface area contributed by atoms with Crippen LogP contribution in [0.1, 0.15) is 44.6 Å². The largest absolute Gasteiger partial charge is 0.377 e. The maximum atomic E-state index is 5.84. The van der Waals surface area contributed by atoms with Crippen LogP contribution in [0.2, 0.25) is 0 Å². The second-order valence-corrected chi connectivity index (χ2v) is 6.48. The molecule has 0 N–H and O–H groups in total. The molecule has 1 nitrogen and oxygen atoms in total. The van der Waals surface area contributed by atoms with Gasteiger partial charge in [-0.05, 0) is 54.9 Å². The van der Waals surface area contributed by atoms with Crippen LogP contribution in [-0.2, 0) is 11.3 Å². The minimum Gasteiger partial charge on any atom is -0.377 e. The van der Waals surface area contributed by atoms with E-state index >= 15 is 0 Å². The third-order valence-corrected chi connectivity index (χ3v) is 5.42. The molecule has 1 aromatic carbocycles. The highest BCUT2D eigenvalue weighted by atomic mass is 16.5. The van der Waals surface area contributed by atoms with Gasteiger partial charge in [0.15, 0.2) is 0 Å². The van der Waals surface area contributed by atoms with E-state index < -0.39 is 0 Å².